The van der Waals surface area contributed by atoms with Crippen LogP contribution >= 0.6 is 0 Å². The van der Waals surface area contributed by atoms with Crippen LogP contribution < -0.4 is 10.1 Å². The number of carbonyl (C=O) groups is 2. The van der Waals surface area contributed by atoms with Gasteiger partial charge < -0.3 is 19.5 Å². The van der Waals surface area contributed by atoms with Crippen LogP contribution in [0.1, 0.15) is 15.9 Å². The third kappa shape index (κ3) is 5.42. The molecule has 1 heterocycles. The van der Waals surface area contributed by atoms with Gasteiger partial charge in [0.25, 0.3) is 5.91 Å². The number of sulfonamides is 1. The van der Waals surface area contributed by atoms with Gasteiger partial charge in [0.05, 0.1) is 25.9 Å². The highest BCUT2D eigenvalue weighted by atomic mass is 32.2. The van der Waals surface area contributed by atoms with Gasteiger partial charge in [-0.2, -0.15) is 4.31 Å². The van der Waals surface area contributed by atoms with Crippen molar-refractivity contribution in [1.29, 1.82) is 0 Å². The van der Waals surface area contributed by atoms with E-state index in [4.69, 9.17) is 14.2 Å². The lowest BCUT2D eigenvalue weighted by molar-refractivity contribution is -0.119. The summed E-state index contributed by atoms with van der Waals surface area (Å²) in [5.74, 6) is -2.00. The van der Waals surface area contributed by atoms with Gasteiger partial charge in [0.1, 0.15) is 16.5 Å². The first-order valence-electron chi connectivity index (χ1n) is 9.71. The number of nitrogens with zero attached hydrogens (tertiary/aromatic N) is 1. The molecule has 1 N–H and O–H groups in total. The molecule has 1 aliphatic heterocycles. The van der Waals surface area contributed by atoms with Crippen LogP contribution in [0.15, 0.2) is 41.3 Å². The Morgan fingerprint density at radius 3 is 2.56 bits per heavy atom. The predicted octanol–water partition coefficient (Wildman–Crippen LogP) is 1.96. The molecule has 3 rings (SSSR count). The molecule has 1 saturated heterocycles. The molecule has 0 radical (unpaired) electrons. The lowest BCUT2D eigenvalue weighted by Gasteiger charge is -2.26. The van der Waals surface area contributed by atoms with Crippen molar-refractivity contribution in [3.63, 3.8) is 0 Å². The normalized spacial score (nSPS) is 14.6. The molecule has 2 aromatic rings. The zero-order valence-electron chi connectivity index (χ0n) is 17.6. The minimum absolute atomic E-state index is 0.0149. The van der Waals surface area contributed by atoms with Crippen molar-refractivity contribution < 1.29 is 36.6 Å². The second-order valence-corrected chi connectivity index (χ2v) is 8.87. The summed E-state index contributed by atoms with van der Waals surface area (Å²) in [4.78, 5) is 24.3. The Morgan fingerprint density at radius 2 is 1.88 bits per heavy atom. The van der Waals surface area contributed by atoms with E-state index >= 15 is 0 Å². The first-order chi connectivity index (χ1) is 15.2. The fourth-order valence-electron chi connectivity index (χ4n) is 3.10. The van der Waals surface area contributed by atoms with Gasteiger partial charge >= 0.3 is 5.97 Å². The first-order valence-corrected chi connectivity index (χ1v) is 11.2. The second-order valence-electron chi connectivity index (χ2n) is 6.97. The topological polar surface area (TPSA) is 111 Å². The van der Waals surface area contributed by atoms with E-state index in [0.717, 1.165) is 6.07 Å². The number of morpholine rings is 1. The maximum Gasteiger partial charge on any atom is 0.339 e. The van der Waals surface area contributed by atoms with E-state index in [1.807, 2.05) is 0 Å². The van der Waals surface area contributed by atoms with E-state index in [0.29, 0.717) is 5.56 Å². The van der Waals surface area contributed by atoms with Gasteiger partial charge in [0.2, 0.25) is 10.0 Å². The van der Waals surface area contributed by atoms with E-state index in [1.54, 1.807) is 6.92 Å². The minimum Gasteiger partial charge on any atom is -0.495 e. The summed E-state index contributed by atoms with van der Waals surface area (Å²) < 4.78 is 56.0. The molecule has 1 aliphatic rings. The number of benzene rings is 2. The van der Waals surface area contributed by atoms with E-state index in [2.05, 4.69) is 5.32 Å². The Hall–Kier alpha value is -3.02. The van der Waals surface area contributed by atoms with Crippen LogP contribution in [-0.2, 0) is 24.3 Å². The monoisotopic (exact) mass is 466 g/mol. The largest absolute Gasteiger partial charge is 0.495 e. The lowest BCUT2D eigenvalue weighted by atomic mass is 10.1. The molecular weight excluding hydrogens is 443 g/mol. The Morgan fingerprint density at radius 1 is 1.16 bits per heavy atom. The van der Waals surface area contributed by atoms with Crippen LogP contribution in [0.3, 0.4) is 0 Å². The average Bonchev–Trinajstić information content (AvgIpc) is 2.79. The molecule has 0 aliphatic carbocycles. The van der Waals surface area contributed by atoms with Gasteiger partial charge in [-0.1, -0.05) is 6.07 Å². The fraction of sp³-hybridized carbons (Fsp3) is 0.333. The molecule has 32 heavy (non-hydrogen) atoms. The molecular formula is C21H23FN2O7S. The maximum absolute atomic E-state index is 13.4. The van der Waals surface area contributed by atoms with Crippen molar-refractivity contribution in [2.75, 3.05) is 45.3 Å². The first kappa shape index (κ1) is 23.6. The number of ether oxygens (including phenoxy) is 3. The molecule has 1 amide bonds. The molecule has 11 heteroatoms. The predicted molar refractivity (Wildman–Crippen MR) is 113 cm³/mol. The Balaban J connectivity index is 1.70. The van der Waals surface area contributed by atoms with Gasteiger partial charge in [0.15, 0.2) is 6.61 Å². The van der Waals surface area contributed by atoms with Crippen molar-refractivity contribution in [3.05, 3.63) is 53.3 Å². The number of rotatable bonds is 7. The zero-order chi connectivity index (χ0) is 23.3. The molecule has 172 valence electrons. The smallest absolute Gasteiger partial charge is 0.339 e. The van der Waals surface area contributed by atoms with E-state index in [9.17, 15) is 22.4 Å². The molecule has 0 atom stereocenters. The van der Waals surface area contributed by atoms with Crippen LogP contribution in [0.2, 0.25) is 0 Å². The van der Waals surface area contributed by atoms with Crippen LogP contribution in [0.25, 0.3) is 0 Å². The van der Waals surface area contributed by atoms with Crippen LogP contribution in [0.5, 0.6) is 5.75 Å². The summed E-state index contributed by atoms with van der Waals surface area (Å²) in [6, 6.07) is 7.84. The number of carbonyl (C=O) groups excluding carboxylic acids is 2. The molecule has 9 nitrogen and oxygen atoms in total. The highest BCUT2D eigenvalue weighted by Crippen LogP contribution is 2.30. The summed E-state index contributed by atoms with van der Waals surface area (Å²) in [7, 11) is -2.53. The number of halogens is 1. The number of aryl methyl sites for hydroxylation is 1. The summed E-state index contributed by atoms with van der Waals surface area (Å²) in [6.45, 7) is 1.97. The van der Waals surface area contributed by atoms with Gasteiger partial charge in [0, 0.05) is 18.8 Å². The van der Waals surface area contributed by atoms with E-state index in [-0.39, 0.29) is 48.2 Å². The van der Waals surface area contributed by atoms with Gasteiger partial charge in [-0.3, -0.25) is 4.79 Å². The van der Waals surface area contributed by atoms with Crippen molar-refractivity contribution in [1.82, 2.24) is 4.31 Å². The number of nitrogens with one attached hydrogen (secondary N) is 1. The van der Waals surface area contributed by atoms with Crippen LogP contribution in [0, 0.1) is 12.7 Å². The number of amides is 1. The SMILES string of the molecule is COc1ccc(NC(=O)COC(=O)c2cc(F)ccc2C)cc1S(=O)(=O)N1CCOCC1. The molecule has 0 spiro atoms. The minimum atomic E-state index is -3.88. The van der Waals surface area contributed by atoms with Gasteiger partial charge in [-0.25, -0.2) is 17.6 Å². The highest BCUT2D eigenvalue weighted by Gasteiger charge is 2.29. The molecule has 0 bridgehead atoms. The number of hydrogen-bond acceptors (Lipinski definition) is 7. The van der Waals surface area contributed by atoms with Gasteiger partial charge in [-0.05, 0) is 42.8 Å². The number of methoxy groups -OCH3 is 1. The molecule has 0 saturated carbocycles. The molecule has 2 aromatic carbocycles. The molecule has 0 unspecified atom stereocenters. The Labute approximate surface area is 185 Å². The standard InChI is InChI=1S/C21H23FN2O7S/c1-14-3-4-15(22)11-17(14)21(26)31-13-20(25)23-16-5-6-18(29-2)19(12-16)32(27,28)24-7-9-30-10-8-24/h3-6,11-12H,7-10,13H2,1-2H3,(H,23,25). The molecule has 1 fully saturated rings. The summed E-state index contributed by atoms with van der Waals surface area (Å²) in [5, 5.41) is 2.49. The maximum atomic E-state index is 13.4. The molecule has 0 aromatic heterocycles. The summed E-state index contributed by atoms with van der Waals surface area (Å²) in [6.07, 6.45) is 0. The Bertz CT molecular complexity index is 1120. The van der Waals surface area contributed by atoms with E-state index < -0.39 is 34.3 Å². The highest BCUT2D eigenvalue weighted by molar-refractivity contribution is 7.89. The average molecular weight is 466 g/mol. The number of hydrogen-bond donors (Lipinski definition) is 1. The lowest BCUT2D eigenvalue weighted by Crippen LogP contribution is -2.40. The van der Waals surface area contributed by atoms with Crippen molar-refractivity contribution >= 4 is 27.6 Å². The second kappa shape index (κ2) is 10.1. The third-order valence-electron chi connectivity index (χ3n) is 4.79. The van der Waals surface area contributed by atoms with E-state index in [1.165, 1.54) is 41.7 Å². The quantitative estimate of drug-likeness (QED) is 0.621. The van der Waals surface area contributed by atoms with Crippen LogP contribution in [-0.4, -0.2) is 64.6 Å². The zero-order valence-corrected chi connectivity index (χ0v) is 18.4. The van der Waals surface area contributed by atoms with Crippen LogP contribution in [0.4, 0.5) is 10.1 Å². The third-order valence-corrected chi connectivity index (χ3v) is 6.71. The fourth-order valence-corrected chi connectivity index (χ4v) is 4.69. The Kier molecular flexibility index (Phi) is 7.44. The number of anilines is 1. The van der Waals surface area contributed by atoms with Crippen molar-refractivity contribution in [2.45, 2.75) is 11.8 Å². The summed E-state index contributed by atoms with van der Waals surface area (Å²) >= 11 is 0. The van der Waals surface area contributed by atoms with Gasteiger partial charge in [-0.15, -0.1) is 0 Å². The van der Waals surface area contributed by atoms with Crippen molar-refractivity contribution in [2.24, 2.45) is 0 Å². The number of esters is 1. The summed E-state index contributed by atoms with van der Waals surface area (Å²) in [5.41, 5.74) is 0.701. The van der Waals surface area contributed by atoms with Crippen molar-refractivity contribution in [3.8, 4) is 5.75 Å².